The van der Waals surface area contributed by atoms with Gasteiger partial charge in [0.15, 0.2) is 0 Å². The lowest BCUT2D eigenvalue weighted by Crippen LogP contribution is -2.00. The van der Waals surface area contributed by atoms with E-state index in [1.54, 1.807) is 0 Å². The fourth-order valence-electron chi connectivity index (χ4n) is 2.21. The second kappa shape index (κ2) is 5.63. The molecule has 3 rings (SSSR count). The number of nitrogens with zero attached hydrogens (tertiary/aromatic N) is 1. The molecule has 0 radical (unpaired) electrons. The Hall–Kier alpha value is -1.87. The molecule has 0 spiro atoms. The number of fused-ring (bicyclic) bond motifs is 1. The maximum Gasteiger partial charge on any atom is 0.0489 e. The molecule has 0 bridgehead atoms. The Labute approximate surface area is 127 Å². The summed E-state index contributed by atoms with van der Waals surface area (Å²) < 4.78 is 1.09. The van der Waals surface area contributed by atoms with Crippen LogP contribution in [0.5, 0.6) is 0 Å². The standard InChI is InChI=1S/C17H15BrN2/c1-12-2-5-16(18)17(8-12)20-10-13-3-4-15-11-19-7-6-14(15)9-13/h2-9,11,20H,10H2,1H3. The Morgan fingerprint density at radius 2 is 1.95 bits per heavy atom. The van der Waals surface area contributed by atoms with E-state index in [-0.39, 0.29) is 0 Å². The van der Waals surface area contributed by atoms with E-state index in [0.717, 1.165) is 16.7 Å². The SMILES string of the molecule is Cc1ccc(Br)c(NCc2ccc3cnccc3c2)c1. The van der Waals surface area contributed by atoms with Gasteiger partial charge in [-0.15, -0.1) is 0 Å². The van der Waals surface area contributed by atoms with Crippen LogP contribution in [-0.2, 0) is 6.54 Å². The third kappa shape index (κ3) is 2.83. The van der Waals surface area contributed by atoms with Gasteiger partial charge >= 0.3 is 0 Å². The van der Waals surface area contributed by atoms with Crippen LogP contribution in [0.1, 0.15) is 11.1 Å². The number of aryl methyl sites for hydroxylation is 1. The number of hydrogen-bond acceptors (Lipinski definition) is 2. The molecule has 0 aliphatic rings. The minimum absolute atomic E-state index is 0.806. The third-order valence-corrected chi connectivity index (χ3v) is 4.00. The first-order chi connectivity index (χ1) is 9.72. The van der Waals surface area contributed by atoms with Gasteiger partial charge in [-0.2, -0.15) is 0 Å². The van der Waals surface area contributed by atoms with Crippen molar-refractivity contribution in [3.8, 4) is 0 Å². The molecular weight excluding hydrogens is 312 g/mol. The van der Waals surface area contributed by atoms with Crippen LogP contribution < -0.4 is 5.32 Å². The second-order valence-corrected chi connectivity index (χ2v) is 5.75. The molecule has 1 N–H and O–H groups in total. The number of hydrogen-bond donors (Lipinski definition) is 1. The highest BCUT2D eigenvalue weighted by Crippen LogP contribution is 2.24. The number of rotatable bonds is 3. The van der Waals surface area contributed by atoms with Gasteiger partial charge in [0.05, 0.1) is 0 Å². The molecule has 0 saturated heterocycles. The lowest BCUT2D eigenvalue weighted by Gasteiger charge is -2.10. The van der Waals surface area contributed by atoms with Crippen molar-refractivity contribution in [1.82, 2.24) is 4.98 Å². The summed E-state index contributed by atoms with van der Waals surface area (Å²) in [6, 6.07) is 14.8. The highest BCUT2D eigenvalue weighted by atomic mass is 79.9. The fourth-order valence-corrected chi connectivity index (χ4v) is 2.60. The average molecular weight is 327 g/mol. The van der Waals surface area contributed by atoms with Crippen LogP contribution in [-0.4, -0.2) is 4.98 Å². The Kier molecular flexibility index (Phi) is 3.70. The van der Waals surface area contributed by atoms with Crippen LogP contribution in [0.2, 0.25) is 0 Å². The highest BCUT2D eigenvalue weighted by molar-refractivity contribution is 9.10. The summed E-state index contributed by atoms with van der Waals surface area (Å²) >= 11 is 3.57. The van der Waals surface area contributed by atoms with Crippen LogP contribution in [0.15, 0.2) is 59.3 Å². The van der Waals surface area contributed by atoms with Gasteiger partial charge in [0.2, 0.25) is 0 Å². The van der Waals surface area contributed by atoms with Gasteiger partial charge in [0, 0.05) is 34.5 Å². The molecule has 0 saturated carbocycles. The predicted octanol–water partition coefficient (Wildman–Crippen LogP) is 4.92. The molecule has 2 aromatic carbocycles. The summed E-state index contributed by atoms with van der Waals surface area (Å²) in [5, 5.41) is 5.87. The third-order valence-electron chi connectivity index (χ3n) is 3.31. The molecular formula is C17H15BrN2. The normalized spacial score (nSPS) is 10.7. The summed E-state index contributed by atoms with van der Waals surface area (Å²) in [6.45, 7) is 2.90. The first kappa shape index (κ1) is 13.1. The molecule has 20 heavy (non-hydrogen) atoms. The van der Waals surface area contributed by atoms with E-state index in [4.69, 9.17) is 0 Å². The number of aromatic nitrogens is 1. The second-order valence-electron chi connectivity index (χ2n) is 4.89. The molecule has 1 aromatic heterocycles. The van der Waals surface area contributed by atoms with Crippen LogP contribution in [0.3, 0.4) is 0 Å². The molecule has 0 atom stereocenters. The van der Waals surface area contributed by atoms with Crippen LogP contribution in [0.25, 0.3) is 10.8 Å². The predicted molar refractivity (Wildman–Crippen MR) is 87.9 cm³/mol. The topological polar surface area (TPSA) is 24.9 Å². The van der Waals surface area contributed by atoms with Crippen molar-refractivity contribution >= 4 is 32.4 Å². The van der Waals surface area contributed by atoms with Gasteiger partial charge in [0.1, 0.15) is 0 Å². The summed E-state index contributed by atoms with van der Waals surface area (Å²) in [5.74, 6) is 0. The number of halogens is 1. The van der Waals surface area contributed by atoms with E-state index in [9.17, 15) is 0 Å². The van der Waals surface area contributed by atoms with Crippen molar-refractivity contribution in [3.05, 3.63) is 70.5 Å². The van der Waals surface area contributed by atoms with Crippen molar-refractivity contribution in [2.45, 2.75) is 13.5 Å². The molecule has 3 heteroatoms. The molecule has 2 nitrogen and oxygen atoms in total. The maximum absolute atomic E-state index is 4.14. The van der Waals surface area contributed by atoms with Crippen LogP contribution in [0.4, 0.5) is 5.69 Å². The molecule has 0 amide bonds. The lowest BCUT2D eigenvalue weighted by atomic mass is 10.1. The first-order valence-electron chi connectivity index (χ1n) is 6.55. The monoisotopic (exact) mass is 326 g/mol. The molecule has 0 aliphatic heterocycles. The molecule has 0 aliphatic carbocycles. The van der Waals surface area contributed by atoms with Gasteiger partial charge < -0.3 is 5.32 Å². The van der Waals surface area contributed by atoms with Gasteiger partial charge in [0.25, 0.3) is 0 Å². The molecule has 0 unspecified atom stereocenters. The van der Waals surface area contributed by atoms with Crippen molar-refractivity contribution in [2.24, 2.45) is 0 Å². The smallest absolute Gasteiger partial charge is 0.0489 e. The Balaban J connectivity index is 1.81. The maximum atomic E-state index is 4.14. The summed E-state index contributed by atoms with van der Waals surface area (Å²) in [5.41, 5.74) is 3.64. The largest absolute Gasteiger partial charge is 0.380 e. The lowest BCUT2D eigenvalue weighted by molar-refractivity contribution is 1.15. The van der Waals surface area contributed by atoms with E-state index >= 15 is 0 Å². The van der Waals surface area contributed by atoms with Gasteiger partial charge in [-0.1, -0.05) is 18.2 Å². The molecule has 1 heterocycles. The fraction of sp³-hybridized carbons (Fsp3) is 0.118. The van der Waals surface area contributed by atoms with Gasteiger partial charge in [-0.25, -0.2) is 0 Å². The molecule has 0 fully saturated rings. The molecule has 100 valence electrons. The zero-order chi connectivity index (χ0) is 13.9. The van der Waals surface area contributed by atoms with Crippen molar-refractivity contribution in [1.29, 1.82) is 0 Å². The highest BCUT2D eigenvalue weighted by Gasteiger charge is 2.01. The summed E-state index contributed by atoms with van der Waals surface area (Å²) in [6.07, 6.45) is 3.72. The summed E-state index contributed by atoms with van der Waals surface area (Å²) in [7, 11) is 0. The van der Waals surface area contributed by atoms with E-state index in [0.29, 0.717) is 0 Å². The number of nitrogens with one attached hydrogen (secondary N) is 1. The van der Waals surface area contributed by atoms with Gasteiger partial charge in [-0.05, 0) is 63.6 Å². The minimum atomic E-state index is 0.806. The Morgan fingerprint density at radius 1 is 1.05 bits per heavy atom. The van der Waals surface area contributed by atoms with Crippen molar-refractivity contribution < 1.29 is 0 Å². The van der Waals surface area contributed by atoms with Gasteiger partial charge in [-0.3, -0.25) is 4.98 Å². The zero-order valence-electron chi connectivity index (χ0n) is 11.2. The number of pyridine rings is 1. The van der Waals surface area contributed by atoms with Crippen molar-refractivity contribution in [2.75, 3.05) is 5.32 Å². The quantitative estimate of drug-likeness (QED) is 0.739. The number of benzene rings is 2. The van der Waals surface area contributed by atoms with E-state index < -0.39 is 0 Å². The van der Waals surface area contributed by atoms with Crippen LogP contribution in [0, 0.1) is 6.92 Å². The minimum Gasteiger partial charge on any atom is -0.380 e. The van der Waals surface area contributed by atoms with Crippen molar-refractivity contribution in [3.63, 3.8) is 0 Å². The van der Waals surface area contributed by atoms with E-state index in [2.05, 4.69) is 69.6 Å². The Morgan fingerprint density at radius 3 is 2.85 bits per heavy atom. The molecule has 3 aromatic rings. The number of anilines is 1. The van der Waals surface area contributed by atoms with Crippen LogP contribution >= 0.6 is 15.9 Å². The Bertz CT molecular complexity index is 753. The first-order valence-corrected chi connectivity index (χ1v) is 7.34. The average Bonchev–Trinajstić information content (AvgIpc) is 2.48. The summed E-state index contributed by atoms with van der Waals surface area (Å²) in [4.78, 5) is 4.14. The van der Waals surface area contributed by atoms with E-state index in [1.165, 1.54) is 21.9 Å². The van der Waals surface area contributed by atoms with E-state index in [1.807, 2.05) is 18.5 Å². The zero-order valence-corrected chi connectivity index (χ0v) is 12.8.